The molecule has 2 heterocycles. The van der Waals surface area contributed by atoms with E-state index in [4.69, 9.17) is 4.74 Å². The van der Waals surface area contributed by atoms with E-state index < -0.39 is 0 Å². The zero-order valence-corrected chi connectivity index (χ0v) is 17.7. The smallest absolute Gasteiger partial charge is 0.191 e. The van der Waals surface area contributed by atoms with Gasteiger partial charge >= 0.3 is 0 Å². The summed E-state index contributed by atoms with van der Waals surface area (Å²) in [4.78, 5) is 9.53. The molecule has 2 fully saturated rings. The Morgan fingerprint density at radius 1 is 1.25 bits per heavy atom. The Hall–Kier alpha value is -1.63. The molecule has 0 bridgehead atoms. The molecule has 6 heteroatoms. The van der Waals surface area contributed by atoms with Gasteiger partial charge in [-0.05, 0) is 38.8 Å². The molecule has 6 nitrogen and oxygen atoms in total. The molecule has 0 amide bonds. The molecule has 3 atom stereocenters. The lowest BCUT2D eigenvalue weighted by atomic mass is 10.2. The number of likely N-dealkylation sites (tertiary alicyclic amines) is 1. The number of rotatable bonds is 7. The maximum atomic E-state index is 5.55. The van der Waals surface area contributed by atoms with E-state index in [2.05, 4.69) is 69.6 Å². The van der Waals surface area contributed by atoms with Crippen molar-refractivity contribution in [1.29, 1.82) is 0 Å². The van der Waals surface area contributed by atoms with E-state index in [9.17, 15) is 0 Å². The van der Waals surface area contributed by atoms with Crippen LogP contribution in [0.4, 0.5) is 0 Å². The fraction of sp³-hybridized carbons (Fsp3) is 0.682. The number of hydrogen-bond donors (Lipinski definition) is 2. The van der Waals surface area contributed by atoms with Gasteiger partial charge in [-0.25, -0.2) is 0 Å². The van der Waals surface area contributed by atoms with E-state index in [-0.39, 0.29) is 0 Å². The molecule has 2 aliphatic rings. The van der Waals surface area contributed by atoms with Gasteiger partial charge in [0.15, 0.2) is 5.96 Å². The third-order valence-electron chi connectivity index (χ3n) is 6.01. The lowest BCUT2D eigenvalue weighted by molar-refractivity contribution is -0.0174. The molecule has 3 unspecified atom stereocenters. The summed E-state index contributed by atoms with van der Waals surface area (Å²) in [6.07, 6.45) is 2.52. The lowest BCUT2D eigenvalue weighted by Crippen LogP contribution is -2.53. The van der Waals surface area contributed by atoms with E-state index in [0.29, 0.717) is 18.1 Å². The predicted molar refractivity (Wildman–Crippen MR) is 116 cm³/mol. The van der Waals surface area contributed by atoms with Crippen LogP contribution in [0.2, 0.25) is 0 Å². The van der Waals surface area contributed by atoms with Crippen LogP contribution in [-0.4, -0.2) is 80.3 Å². The Morgan fingerprint density at radius 2 is 2.07 bits per heavy atom. The third kappa shape index (κ3) is 5.93. The second-order valence-electron chi connectivity index (χ2n) is 8.10. The molecule has 2 N–H and O–H groups in total. The zero-order chi connectivity index (χ0) is 19.8. The van der Waals surface area contributed by atoms with Crippen molar-refractivity contribution in [3.05, 3.63) is 35.9 Å². The van der Waals surface area contributed by atoms with Gasteiger partial charge in [0.2, 0.25) is 0 Å². The molecule has 0 aliphatic carbocycles. The molecule has 0 saturated carbocycles. The van der Waals surface area contributed by atoms with Crippen molar-refractivity contribution in [3.63, 3.8) is 0 Å². The topological polar surface area (TPSA) is 52.1 Å². The SMILES string of the molecule is CN=C(NCC1CCCN1Cc1ccccc1)NCC(C)N1CCOCC1C. The maximum Gasteiger partial charge on any atom is 0.191 e. The molecule has 1 aromatic rings. The van der Waals surface area contributed by atoms with Crippen LogP contribution in [0.3, 0.4) is 0 Å². The number of guanidine groups is 1. The minimum Gasteiger partial charge on any atom is -0.379 e. The molecule has 28 heavy (non-hydrogen) atoms. The molecule has 156 valence electrons. The molecule has 2 saturated heterocycles. The van der Waals surface area contributed by atoms with Crippen LogP contribution in [0, 0.1) is 0 Å². The van der Waals surface area contributed by atoms with E-state index >= 15 is 0 Å². The van der Waals surface area contributed by atoms with Gasteiger partial charge in [-0.1, -0.05) is 30.3 Å². The van der Waals surface area contributed by atoms with Crippen LogP contribution in [0.5, 0.6) is 0 Å². The first-order valence-corrected chi connectivity index (χ1v) is 10.7. The summed E-state index contributed by atoms with van der Waals surface area (Å²) in [5, 5.41) is 7.06. The zero-order valence-electron chi connectivity index (χ0n) is 17.7. The fourth-order valence-corrected chi connectivity index (χ4v) is 4.34. The van der Waals surface area contributed by atoms with E-state index in [1.54, 1.807) is 0 Å². The van der Waals surface area contributed by atoms with Gasteiger partial charge in [-0.2, -0.15) is 0 Å². The predicted octanol–water partition coefficient (Wildman–Crippen LogP) is 1.93. The van der Waals surface area contributed by atoms with Gasteiger partial charge in [0, 0.05) is 51.4 Å². The van der Waals surface area contributed by atoms with Crippen LogP contribution in [-0.2, 0) is 11.3 Å². The summed E-state index contributed by atoms with van der Waals surface area (Å²) in [5.41, 5.74) is 1.39. The van der Waals surface area contributed by atoms with E-state index in [1.165, 1.54) is 24.9 Å². The van der Waals surface area contributed by atoms with Gasteiger partial charge in [0.05, 0.1) is 13.2 Å². The highest BCUT2D eigenvalue weighted by molar-refractivity contribution is 5.79. The molecule has 3 rings (SSSR count). The molecular formula is C22H37N5O. The maximum absolute atomic E-state index is 5.55. The lowest BCUT2D eigenvalue weighted by Gasteiger charge is -2.38. The quantitative estimate of drug-likeness (QED) is 0.553. The highest BCUT2D eigenvalue weighted by Gasteiger charge is 2.25. The molecule has 2 aliphatic heterocycles. The molecule has 0 spiro atoms. The fourth-order valence-electron chi connectivity index (χ4n) is 4.34. The van der Waals surface area contributed by atoms with Crippen molar-refractivity contribution in [2.45, 2.75) is 51.4 Å². The minimum absolute atomic E-state index is 0.457. The van der Waals surface area contributed by atoms with Gasteiger partial charge in [-0.15, -0.1) is 0 Å². The standard InChI is InChI=1S/C22H37N5O/c1-18(27-12-13-28-17-19(27)2)14-24-22(23-3)25-15-21-10-7-11-26(21)16-20-8-5-4-6-9-20/h4-6,8-9,18-19,21H,7,10-17H2,1-3H3,(H2,23,24,25). The van der Waals surface area contributed by atoms with Gasteiger partial charge in [-0.3, -0.25) is 14.8 Å². The van der Waals surface area contributed by atoms with Crippen molar-refractivity contribution in [2.75, 3.05) is 46.4 Å². The number of morpholine rings is 1. The number of hydrogen-bond acceptors (Lipinski definition) is 4. The van der Waals surface area contributed by atoms with Crippen LogP contribution >= 0.6 is 0 Å². The van der Waals surface area contributed by atoms with Gasteiger partial charge < -0.3 is 15.4 Å². The van der Waals surface area contributed by atoms with Crippen LogP contribution in [0.1, 0.15) is 32.3 Å². The summed E-state index contributed by atoms with van der Waals surface area (Å²) in [5.74, 6) is 0.902. The number of nitrogens with zero attached hydrogens (tertiary/aromatic N) is 3. The van der Waals surface area contributed by atoms with Crippen LogP contribution < -0.4 is 10.6 Å². The van der Waals surface area contributed by atoms with Gasteiger partial charge in [0.25, 0.3) is 0 Å². The first-order valence-electron chi connectivity index (χ1n) is 10.7. The second-order valence-corrected chi connectivity index (χ2v) is 8.10. The highest BCUT2D eigenvalue weighted by atomic mass is 16.5. The van der Waals surface area contributed by atoms with Crippen molar-refractivity contribution < 1.29 is 4.74 Å². The van der Waals surface area contributed by atoms with Crippen molar-refractivity contribution >= 4 is 5.96 Å². The summed E-state index contributed by atoms with van der Waals surface area (Å²) < 4.78 is 5.55. The van der Waals surface area contributed by atoms with Crippen molar-refractivity contribution in [1.82, 2.24) is 20.4 Å². The number of benzene rings is 1. The van der Waals surface area contributed by atoms with E-state index in [0.717, 1.165) is 45.4 Å². The summed E-state index contributed by atoms with van der Waals surface area (Å²) in [6, 6.07) is 12.3. The number of aliphatic imine (C=N–C) groups is 1. The second kappa shape index (κ2) is 10.8. The Kier molecular flexibility index (Phi) is 8.13. The molecule has 1 aromatic carbocycles. The average molecular weight is 388 g/mol. The van der Waals surface area contributed by atoms with Crippen LogP contribution in [0.25, 0.3) is 0 Å². The largest absolute Gasteiger partial charge is 0.379 e. The third-order valence-corrected chi connectivity index (χ3v) is 6.01. The normalized spacial score (nSPS) is 25.6. The summed E-state index contributed by atoms with van der Waals surface area (Å²) >= 11 is 0. The van der Waals surface area contributed by atoms with Crippen molar-refractivity contribution in [2.24, 2.45) is 4.99 Å². The number of nitrogens with one attached hydrogen (secondary N) is 2. The van der Waals surface area contributed by atoms with Gasteiger partial charge in [0.1, 0.15) is 0 Å². The summed E-state index contributed by atoms with van der Waals surface area (Å²) in [7, 11) is 1.85. The first-order chi connectivity index (χ1) is 13.7. The Bertz CT molecular complexity index is 608. The monoisotopic (exact) mass is 387 g/mol. The number of ether oxygens (including phenoxy) is 1. The Labute approximate surface area is 170 Å². The average Bonchev–Trinajstić information content (AvgIpc) is 3.16. The minimum atomic E-state index is 0.457. The molecule has 0 aromatic heterocycles. The van der Waals surface area contributed by atoms with E-state index in [1.807, 2.05) is 7.05 Å². The molecular weight excluding hydrogens is 350 g/mol. The summed E-state index contributed by atoms with van der Waals surface area (Å²) in [6.45, 7) is 11.2. The van der Waals surface area contributed by atoms with Crippen molar-refractivity contribution in [3.8, 4) is 0 Å². The van der Waals surface area contributed by atoms with Crippen LogP contribution in [0.15, 0.2) is 35.3 Å². The Balaban J connectivity index is 1.43. The Morgan fingerprint density at radius 3 is 2.82 bits per heavy atom. The molecule has 0 radical (unpaired) electrons. The first kappa shape index (κ1) is 21.1. The highest BCUT2D eigenvalue weighted by Crippen LogP contribution is 2.19.